The molecule has 64 valence electrons. The van der Waals surface area contributed by atoms with Crippen molar-refractivity contribution in [2.75, 3.05) is 20.3 Å². The standard InChI is InChI=1S/C7H14N2O2/c1-11-5-7(2-3-7)9-6(10)4-8/h2-5,8H2,1H3,(H,9,10). The molecule has 0 atom stereocenters. The molecule has 1 fully saturated rings. The smallest absolute Gasteiger partial charge is 0.234 e. The second-order valence-electron chi connectivity index (χ2n) is 2.97. The molecule has 0 unspecified atom stereocenters. The van der Waals surface area contributed by atoms with Crippen LogP contribution in [0.25, 0.3) is 0 Å². The Morgan fingerprint density at radius 3 is 2.73 bits per heavy atom. The van der Waals surface area contributed by atoms with Crippen LogP contribution in [0.4, 0.5) is 0 Å². The number of carbonyl (C=O) groups is 1. The molecule has 11 heavy (non-hydrogen) atoms. The Bertz CT molecular complexity index is 155. The fraction of sp³-hybridized carbons (Fsp3) is 0.857. The molecule has 0 aliphatic heterocycles. The Morgan fingerprint density at radius 2 is 2.36 bits per heavy atom. The minimum Gasteiger partial charge on any atom is -0.382 e. The van der Waals surface area contributed by atoms with Crippen LogP contribution in [0.15, 0.2) is 0 Å². The van der Waals surface area contributed by atoms with E-state index in [1.807, 2.05) is 0 Å². The van der Waals surface area contributed by atoms with E-state index in [-0.39, 0.29) is 18.0 Å². The lowest BCUT2D eigenvalue weighted by molar-refractivity contribution is -0.121. The van der Waals surface area contributed by atoms with Crippen LogP contribution >= 0.6 is 0 Å². The molecule has 0 aromatic rings. The zero-order valence-electron chi connectivity index (χ0n) is 6.72. The monoisotopic (exact) mass is 158 g/mol. The molecule has 3 N–H and O–H groups in total. The topological polar surface area (TPSA) is 64.3 Å². The quantitative estimate of drug-likeness (QED) is 0.565. The lowest BCUT2D eigenvalue weighted by Gasteiger charge is -2.14. The first kappa shape index (κ1) is 8.49. The molecule has 1 rings (SSSR count). The molecule has 0 aromatic heterocycles. The van der Waals surface area contributed by atoms with Crippen LogP contribution in [0.3, 0.4) is 0 Å². The molecule has 0 radical (unpaired) electrons. The van der Waals surface area contributed by atoms with Gasteiger partial charge in [0.05, 0.1) is 18.7 Å². The highest BCUT2D eigenvalue weighted by atomic mass is 16.5. The van der Waals surface area contributed by atoms with Crippen molar-refractivity contribution in [3.05, 3.63) is 0 Å². The SMILES string of the molecule is COCC1(NC(=O)CN)CC1. The summed E-state index contributed by atoms with van der Waals surface area (Å²) >= 11 is 0. The van der Waals surface area contributed by atoms with Crippen molar-refractivity contribution in [2.24, 2.45) is 5.73 Å². The van der Waals surface area contributed by atoms with Crippen molar-refractivity contribution in [2.45, 2.75) is 18.4 Å². The van der Waals surface area contributed by atoms with Crippen molar-refractivity contribution in [3.63, 3.8) is 0 Å². The van der Waals surface area contributed by atoms with E-state index in [1.165, 1.54) is 0 Å². The number of ether oxygens (including phenoxy) is 1. The number of carbonyl (C=O) groups excluding carboxylic acids is 1. The number of nitrogens with one attached hydrogen (secondary N) is 1. The highest BCUT2D eigenvalue weighted by molar-refractivity contribution is 5.79. The third-order valence-electron chi connectivity index (χ3n) is 1.86. The van der Waals surface area contributed by atoms with E-state index >= 15 is 0 Å². The van der Waals surface area contributed by atoms with Crippen molar-refractivity contribution in [3.8, 4) is 0 Å². The molecule has 0 saturated heterocycles. The van der Waals surface area contributed by atoms with Gasteiger partial charge < -0.3 is 15.8 Å². The van der Waals surface area contributed by atoms with E-state index in [4.69, 9.17) is 10.5 Å². The fourth-order valence-corrected chi connectivity index (χ4v) is 1.08. The van der Waals surface area contributed by atoms with Gasteiger partial charge in [0.15, 0.2) is 0 Å². The summed E-state index contributed by atoms with van der Waals surface area (Å²) in [4.78, 5) is 10.9. The van der Waals surface area contributed by atoms with E-state index in [0.29, 0.717) is 6.61 Å². The summed E-state index contributed by atoms with van der Waals surface area (Å²) in [6, 6.07) is 0. The second kappa shape index (κ2) is 3.19. The van der Waals surface area contributed by atoms with E-state index in [1.54, 1.807) is 7.11 Å². The van der Waals surface area contributed by atoms with Gasteiger partial charge in [0, 0.05) is 7.11 Å². The van der Waals surface area contributed by atoms with Crippen molar-refractivity contribution < 1.29 is 9.53 Å². The third-order valence-corrected chi connectivity index (χ3v) is 1.86. The molecule has 1 aliphatic carbocycles. The molecular weight excluding hydrogens is 144 g/mol. The molecule has 4 nitrogen and oxygen atoms in total. The van der Waals surface area contributed by atoms with Crippen LogP contribution in [-0.4, -0.2) is 31.7 Å². The fourth-order valence-electron chi connectivity index (χ4n) is 1.08. The third kappa shape index (κ3) is 2.17. The maximum absolute atomic E-state index is 10.9. The molecule has 1 amide bonds. The van der Waals surface area contributed by atoms with Crippen LogP contribution in [-0.2, 0) is 9.53 Å². The molecule has 0 bridgehead atoms. The summed E-state index contributed by atoms with van der Waals surface area (Å²) in [7, 11) is 1.63. The normalized spacial score (nSPS) is 19.5. The maximum atomic E-state index is 10.9. The molecule has 1 saturated carbocycles. The van der Waals surface area contributed by atoms with Crippen LogP contribution in [0, 0.1) is 0 Å². The maximum Gasteiger partial charge on any atom is 0.234 e. The average molecular weight is 158 g/mol. The molecule has 4 heteroatoms. The Morgan fingerprint density at radius 1 is 1.73 bits per heavy atom. The number of hydrogen-bond donors (Lipinski definition) is 2. The van der Waals surface area contributed by atoms with Crippen molar-refractivity contribution in [1.29, 1.82) is 0 Å². The van der Waals surface area contributed by atoms with E-state index in [2.05, 4.69) is 5.32 Å². The van der Waals surface area contributed by atoms with Crippen LogP contribution < -0.4 is 11.1 Å². The molecule has 1 aliphatic rings. The predicted octanol–water partition coefficient (Wildman–Crippen LogP) is -0.760. The summed E-state index contributed by atoms with van der Waals surface area (Å²) in [5.41, 5.74) is 5.07. The Kier molecular flexibility index (Phi) is 2.46. The largest absolute Gasteiger partial charge is 0.382 e. The molecular formula is C7H14N2O2. The van der Waals surface area contributed by atoms with Crippen molar-refractivity contribution >= 4 is 5.91 Å². The number of methoxy groups -OCH3 is 1. The van der Waals surface area contributed by atoms with Gasteiger partial charge in [0.25, 0.3) is 0 Å². The van der Waals surface area contributed by atoms with E-state index in [0.717, 1.165) is 12.8 Å². The van der Waals surface area contributed by atoms with Gasteiger partial charge in [-0.2, -0.15) is 0 Å². The van der Waals surface area contributed by atoms with E-state index in [9.17, 15) is 4.79 Å². The predicted molar refractivity (Wildman–Crippen MR) is 41.0 cm³/mol. The zero-order chi connectivity index (χ0) is 8.32. The number of amides is 1. The first-order valence-electron chi connectivity index (χ1n) is 3.72. The molecule has 0 heterocycles. The highest BCUT2D eigenvalue weighted by Gasteiger charge is 2.43. The minimum atomic E-state index is -0.0976. The lowest BCUT2D eigenvalue weighted by Crippen LogP contribution is -2.43. The average Bonchev–Trinajstić information content (AvgIpc) is 2.70. The summed E-state index contributed by atoms with van der Waals surface area (Å²) in [5, 5.41) is 2.83. The van der Waals surface area contributed by atoms with Gasteiger partial charge in [-0.3, -0.25) is 4.79 Å². The second-order valence-corrected chi connectivity index (χ2v) is 2.97. The van der Waals surface area contributed by atoms with Gasteiger partial charge in [-0.15, -0.1) is 0 Å². The van der Waals surface area contributed by atoms with Crippen LogP contribution in [0.5, 0.6) is 0 Å². The highest BCUT2D eigenvalue weighted by Crippen LogP contribution is 2.35. The first-order chi connectivity index (χ1) is 5.22. The summed E-state index contributed by atoms with van der Waals surface area (Å²) in [6.45, 7) is 0.657. The van der Waals surface area contributed by atoms with Gasteiger partial charge in [-0.1, -0.05) is 0 Å². The number of hydrogen-bond acceptors (Lipinski definition) is 3. The van der Waals surface area contributed by atoms with Gasteiger partial charge in [0.1, 0.15) is 0 Å². The lowest BCUT2D eigenvalue weighted by atomic mass is 10.3. The van der Waals surface area contributed by atoms with Crippen molar-refractivity contribution in [1.82, 2.24) is 5.32 Å². The van der Waals surface area contributed by atoms with Gasteiger partial charge in [0.2, 0.25) is 5.91 Å². The number of nitrogens with two attached hydrogens (primary N) is 1. The van der Waals surface area contributed by atoms with Gasteiger partial charge in [-0.25, -0.2) is 0 Å². The summed E-state index contributed by atoms with van der Waals surface area (Å²) in [6.07, 6.45) is 2.01. The summed E-state index contributed by atoms with van der Waals surface area (Å²) in [5.74, 6) is -0.0976. The molecule has 0 spiro atoms. The Balaban J connectivity index is 2.29. The van der Waals surface area contributed by atoms with Crippen LogP contribution in [0.1, 0.15) is 12.8 Å². The Labute approximate surface area is 66.1 Å². The molecule has 0 aromatic carbocycles. The number of rotatable bonds is 4. The van der Waals surface area contributed by atoms with Gasteiger partial charge >= 0.3 is 0 Å². The minimum absolute atomic E-state index is 0.0610. The Hall–Kier alpha value is -0.610. The first-order valence-corrected chi connectivity index (χ1v) is 3.72. The van der Waals surface area contributed by atoms with Crippen LogP contribution in [0.2, 0.25) is 0 Å². The van der Waals surface area contributed by atoms with E-state index < -0.39 is 0 Å². The van der Waals surface area contributed by atoms with Gasteiger partial charge in [-0.05, 0) is 12.8 Å². The zero-order valence-corrected chi connectivity index (χ0v) is 6.72. The summed E-state index contributed by atoms with van der Waals surface area (Å²) < 4.78 is 4.96.